The van der Waals surface area contributed by atoms with E-state index in [-0.39, 0.29) is 17.5 Å². The zero-order valence-electron chi connectivity index (χ0n) is 9.62. The van der Waals surface area contributed by atoms with Gasteiger partial charge in [-0.2, -0.15) is 0 Å². The van der Waals surface area contributed by atoms with Crippen molar-refractivity contribution in [2.45, 2.75) is 32.1 Å². The lowest BCUT2D eigenvalue weighted by molar-refractivity contribution is -0.124. The van der Waals surface area contributed by atoms with E-state index in [0.717, 1.165) is 19.3 Å². The van der Waals surface area contributed by atoms with Gasteiger partial charge in [0.25, 0.3) is 0 Å². The summed E-state index contributed by atoms with van der Waals surface area (Å²) >= 11 is 5.77. The summed E-state index contributed by atoms with van der Waals surface area (Å²) in [5, 5.41) is 0.621. The van der Waals surface area contributed by atoms with Gasteiger partial charge in [0.05, 0.1) is 0 Å². The molecule has 0 saturated heterocycles. The van der Waals surface area contributed by atoms with Crippen molar-refractivity contribution in [1.29, 1.82) is 0 Å². The molecule has 17 heavy (non-hydrogen) atoms. The van der Waals surface area contributed by atoms with Gasteiger partial charge in [0.2, 0.25) is 0 Å². The first-order valence-corrected chi connectivity index (χ1v) is 6.36. The van der Waals surface area contributed by atoms with Crippen molar-refractivity contribution in [2.75, 3.05) is 0 Å². The van der Waals surface area contributed by atoms with Gasteiger partial charge in [-0.15, -0.1) is 0 Å². The molecule has 0 unspecified atom stereocenters. The molecule has 1 fully saturated rings. The predicted octanol–water partition coefficient (Wildman–Crippen LogP) is 3.67. The van der Waals surface area contributed by atoms with Crippen LogP contribution in [0.2, 0.25) is 5.02 Å². The third-order valence-electron chi connectivity index (χ3n) is 3.28. The molecule has 1 aliphatic rings. The van der Waals surface area contributed by atoms with Crippen molar-refractivity contribution >= 4 is 23.2 Å². The maximum atomic E-state index is 12.0. The van der Waals surface area contributed by atoms with Gasteiger partial charge in [0.15, 0.2) is 5.78 Å². The first-order valence-electron chi connectivity index (χ1n) is 5.98. The Morgan fingerprint density at radius 3 is 2.59 bits per heavy atom. The third kappa shape index (κ3) is 3.16. The Bertz CT molecular complexity index is 422. The monoisotopic (exact) mass is 250 g/mol. The van der Waals surface area contributed by atoms with Crippen molar-refractivity contribution < 1.29 is 9.59 Å². The maximum absolute atomic E-state index is 12.0. The minimum Gasteiger partial charge on any atom is -0.299 e. The molecule has 1 aliphatic carbocycles. The Morgan fingerprint density at radius 1 is 1.24 bits per heavy atom. The fourth-order valence-electron chi connectivity index (χ4n) is 2.25. The minimum absolute atomic E-state index is 0.0434. The van der Waals surface area contributed by atoms with Crippen LogP contribution in [0.15, 0.2) is 24.3 Å². The van der Waals surface area contributed by atoms with Crippen molar-refractivity contribution in [1.82, 2.24) is 0 Å². The molecule has 3 heteroatoms. The molecular weight excluding hydrogens is 236 g/mol. The van der Waals surface area contributed by atoms with Crippen molar-refractivity contribution in [2.24, 2.45) is 5.92 Å². The molecule has 0 aliphatic heterocycles. The lowest BCUT2D eigenvalue weighted by Crippen LogP contribution is -2.22. The molecule has 0 heterocycles. The Labute approximate surface area is 106 Å². The van der Waals surface area contributed by atoms with Crippen LogP contribution in [-0.4, -0.2) is 11.6 Å². The summed E-state index contributed by atoms with van der Waals surface area (Å²) < 4.78 is 0. The van der Waals surface area contributed by atoms with Gasteiger partial charge in [-0.05, 0) is 37.1 Å². The van der Waals surface area contributed by atoms with E-state index >= 15 is 0 Å². The van der Waals surface area contributed by atoms with Crippen molar-refractivity contribution in [3.63, 3.8) is 0 Å². The summed E-state index contributed by atoms with van der Waals surface area (Å²) in [5.74, 6) is 0.229. The van der Waals surface area contributed by atoms with Gasteiger partial charge < -0.3 is 0 Å². The molecule has 0 N–H and O–H groups in total. The molecule has 0 spiro atoms. The topological polar surface area (TPSA) is 34.1 Å². The maximum Gasteiger partial charge on any atom is 0.163 e. The van der Waals surface area contributed by atoms with Crippen LogP contribution in [0.3, 0.4) is 0 Å². The van der Waals surface area contributed by atoms with E-state index in [0.29, 0.717) is 23.4 Å². The molecule has 1 atom stereocenters. The molecule has 0 radical (unpaired) electrons. The van der Waals surface area contributed by atoms with E-state index in [1.807, 2.05) is 0 Å². The largest absolute Gasteiger partial charge is 0.299 e. The summed E-state index contributed by atoms with van der Waals surface area (Å²) in [5.41, 5.74) is 0.646. The molecule has 0 aromatic heterocycles. The Kier molecular flexibility index (Phi) is 3.95. The highest BCUT2D eigenvalue weighted by Crippen LogP contribution is 2.25. The molecule has 1 aromatic rings. The Balaban J connectivity index is 2.01. The SMILES string of the molecule is O=C(C[C@@H]1CCCCC1=O)c1ccc(Cl)cc1. The number of hydrogen-bond acceptors (Lipinski definition) is 2. The lowest BCUT2D eigenvalue weighted by Gasteiger charge is -2.19. The van der Waals surface area contributed by atoms with Gasteiger partial charge in [-0.25, -0.2) is 0 Å². The minimum atomic E-state index is -0.0630. The van der Waals surface area contributed by atoms with E-state index in [4.69, 9.17) is 11.6 Å². The first kappa shape index (κ1) is 12.3. The molecule has 2 rings (SSSR count). The average Bonchev–Trinajstić information content (AvgIpc) is 2.33. The van der Waals surface area contributed by atoms with Crippen molar-refractivity contribution in [3.8, 4) is 0 Å². The van der Waals surface area contributed by atoms with Crippen LogP contribution in [-0.2, 0) is 4.79 Å². The van der Waals surface area contributed by atoms with Crippen LogP contribution in [0.25, 0.3) is 0 Å². The second-order valence-corrected chi connectivity index (χ2v) is 4.98. The molecule has 1 aromatic carbocycles. The Hall–Kier alpha value is -1.15. The summed E-state index contributed by atoms with van der Waals surface area (Å²) in [7, 11) is 0. The highest BCUT2D eigenvalue weighted by Gasteiger charge is 2.24. The normalized spacial score (nSPS) is 20.3. The summed E-state index contributed by atoms with van der Waals surface area (Å²) in [6.07, 6.45) is 3.88. The molecule has 1 saturated carbocycles. The third-order valence-corrected chi connectivity index (χ3v) is 3.53. The highest BCUT2D eigenvalue weighted by atomic mass is 35.5. The quantitative estimate of drug-likeness (QED) is 0.767. The average molecular weight is 251 g/mol. The number of carbonyl (C=O) groups excluding carboxylic acids is 2. The number of halogens is 1. The molecule has 0 amide bonds. The van der Waals surface area contributed by atoms with Crippen LogP contribution >= 0.6 is 11.6 Å². The summed E-state index contributed by atoms with van der Waals surface area (Å²) in [4.78, 5) is 23.6. The van der Waals surface area contributed by atoms with E-state index in [9.17, 15) is 9.59 Å². The number of benzene rings is 1. The highest BCUT2D eigenvalue weighted by molar-refractivity contribution is 6.30. The van der Waals surface area contributed by atoms with Gasteiger partial charge in [0.1, 0.15) is 5.78 Å². The van der Waals surface area contributed by atoms with Crippen LogP contribution in [0.1, 0.15) is 42.5 Å². The van der Waals surface area contributed by atoms with Gasteiger partial charge in [-0.1, -0.05) is 18.0 Å². The Morgan fingerprint density at radius 2 is 1.94 bits per heavy atom. The molecule has 2 nitrogen and oxygen atoms in total. The van der Waals surface area contributed by atoms with E-state index in [1.165, 1.54) is 0 Å². The van der Waals surface area contributed by atoms with E-state index in [1.54, 1.807) is 24.3 Å². The van der Waals surface area contributed by atoms with Crippen LogP contribution in [0.5, 0.6) is 0 Å². The fourth-order valence-corrected chi connectivity index (χ4v) is 2.37. The van der Waals surface area contributed by atoms with Crippen LogP contribution in [0, 0.1) is 5.92 Å². The summed E-state index contributed by atoms with van der Waals surface area (Å²) in [6.45, 7) is 0. The predicted molar refractivity (Wildman–Crippen MR) is 67.4 cm³/mol. The van der Waals surface area contributed by atoms with E-state index < -0.39 is 0 Å². The molecule has 90 valence electrons. The molecule has 0 bridgehead atoms. The number of hydrogen-bond donors (Lipinski definition) is 0. The number of carbonyl (C=O) groups is 2. The zero-order valence-corrected chi connectivity index (χ0v) is 10.4. The number of ketones is 2. The standard InChI is InChI=1S/C14H15ClO2/c15-12-7-5-10(6-8-12)14(17)9-11-3-1-2-4-13(11)16/h5-8,11H,1-4,9H2/t11-/m0/s1. The van der Waals surface area contributed by atoms with Crippen molar-refractivity contribution in [3.05, 3.63) is 34.9 Å². The van der Waals surface area contributed by atoms with Crippen LogP contribution < -0.4 is 0 Å². The second-order valence-electron chi connectivity index (χ2n) is 4.54. The second kappa shape index (κ2) is 5.46. The first-order chi connectivity index (χ1) is 8.16. The van der Waals surface area contributed by atoms with E-state index in [2.05, 4.69) is 0 Å². The van der Waals surface area contributed by atoms with Gasteiger partial charge in [-0.3, -0.25) is 9.59 Å². The molecular formula is C14H15ClO2. The summed E-state index contributed by atoms with van der Waals surface area (Å²) in [6, 6.07) is 6.85. The zero-order chi connectivity index (χ0) is 12.3. The number of Topliss-reactive ketones (excluding diaryl/α,β-unsaturated/α-hetero) is 2. The smallest absolute Gasteiger partial charge is 0.163 e. The number of rotatable bonds is 3. The van der Waals surface area contributed by atoms with Crippen LogP contribution in [0.4, 0.5) is 0 Å². The fraction of sp³-hybridized carbons (Fsp3) is 0.429. The lowest BCUT2D eigenvalue weighted by atomic mass is 9.83. The van der Waals surface area contributed by atoms with Gasteiger partial charge >= 0.3 is 0 Å². The van der Waals surface area contributed by atoms with Gasteiger partial charge in [0, 0.05) is 29.3 Å².